The van der Waals surface area contributed by atoms with Gasteiger partial charge in [-0.25, -0.2) is 0 Å². The van der Waals surface area contributed by atoms with Crippen LogP contribution in [0.25, 0.3) is 0 Å². The number of rotatable bonds is 0. The summed E-state index contributed by atoms with van der Waals surface area (Å²) < 4.78 is 0. The lowest BCUT2D eigenvalue weighted by molar-refractivity contribution is 0.530. The molecule has 2 heteroatoms. The van der Waals surface area contributed by atoms with Gasteiger partial charge in [0.2, 0.25) is 0 Å². The number of hydrogen-bond donors (Lipinski definition) is 0. The fourth-order valence-corrected chi connectivity index (χ4v) is 1.01. The third-order valence-corrected chi connectivity index (χ3v) is 1.95. The molecule has 0 atom stereocenters. The Balaban J connectivity index is 0.000000250. The smallest absolute Gasteiger partial charge is 0.0145 e. The van der Waals surface area contributed by atoms with Crippen LogP contribution < -0.4 is 0 Å². The van der Waals surface area contributed by atoms with E-state index in [1.54, 1.807) is 0 Å². The number of halogens is 2. The highest BCUT2D eigenvalue weighted by Gasteiger charge is 2.11. The molecule has 1 rings (SSSR count). The highest BCUT2D eigenvalue weighted by molar-refractivity contribution is 9.09. The normalized spacial score (nSPS) is 21.5. The van der Waals surface area contributed by atoms with Gasteiger partial charge in [0.15, 0.2) is 0 Å². The first-order valence-electron chi connectivity index (χ1n) is 2.03. The van der Waals surface area contributed by atoms with Crippen LogP contribution in [0.3, 0.4) is 0 Å². The van der Waals surface area contributed by atoms with Gasteiger partial charge < -0.3 is 0 Å². The Morgan fingerprint density at radius 2 is 1.67 bits per heavy atom. The number of hydrogen-bond acceptors (Lipinski definition) is 0. The zero-order valence-corrected chi connectivity index (χ0v) is 5.07. The second-order valence-corrected chi connectivity index (χ2v) is 2.82. The Morgan fingerprint density at radius 3 is 1.67 bits per heavy atom. The Hall–Kier alpha value is 0.410. The van der Waals surface area contributed by atoms with E-state index in [9.17, 15) is 0 Å². The standard InChI is InChI=1S/C4H7Br.FH/c5-4-2-1-3-4;/h4H,1-3H2;1H. The molecule has 1 aliphatic rings. The minimum absolute atomic E-state index is 0. The second-order valence-electron chi connectivity index (χ2n) is 1.53. The molecule has 1 fully saturated rings. The van der Waals surface area contributed by atoms with Crippen LogP contribution >= 0.6 is 15.9 Å². The van der Waals surface area contributed by atoms with E-state index < -0.39 is 0 Å². The maximum atomic E-state index is 3.46. The predicted octanol–water partition coefficient (Wildman–Crippen LogP) is 2.09. The molecular formula is C4H8BrF. The molecular weight excluding hydrogens is 147 g/mol. The van der Waals surface area contributed by atoms with E-state index in [2.05, 4.69) is 15.9 Å². The van der Waals surface area contributed by atoms with E-state index in [0.717, 1.165) is 4.83 Å². The van der Waals surface area contributed by atoms with Gasteiger partial charge in [-0.05, 0) is 12.8 Å². The summed E-state index contributed by atoms with van der Waals surface area (Å²) in [6.45, 7) is 0. The lowest BCUT2D eigenvalue weighted by atomic mass is 10.0. The van der Waals surface area contributed by atoms with Crippen LogP contribution in [0.1, 0.15) is 19.3 Å². The minimum Gasteiger partial charge on any atom is -0.269 e. The topological polar surface area (TPSA) is 0 Å². The monoisotopic (exact) mass is 154 g/mol. The van der Waals surface area contributed by atoms with Crippen LogP contribution in [-0.4, -0.2) is 4.83 Å². The molecule has 0 aromatic rings. The van der Waals surface area contributed by atoms with Crippen molar-refractivity contribution in [1.82, 2.24) is 0 Å². The van der Waals surface area contributed by atoms with E-state index in [-0.39, 0.29) is 4.70 Å². The molecule has 0 bridgehead atoms. The highest BCUT2D eigenvalue weighted by atomic mass is 79.9. The Bertz CT molecular complexity index is 34.5. The van der Waals surface area contributed by atoms with Crippen LogP contribution in [-0.2, 0) is 0 Å². The van der Waals surface area contributed by atoms with E-state index in [1.807, 2.05) is 0 Å². The lowest BCUT2D eigenvalue weighted by Crippen LogP contribution is -2.07. The zero-order valence-electron chi connectivity index (χ0n) is 3.48. The van der Waals surface area contributed by atoms with E-state index in [1.165, 1.54) is 19.3 Å². The highest BCUT2D eigenvalue weighted by Crippen LogP contribution is 2.25. The molecule has 0 spiro atoms. The molecule has 0 aliphatic heterocycles. The van der Waals surface area contributed by atoms with Gasteiger partial charge >= 0.3 is 0 Å². The van der Waals surface area contributed by atoms with E-state index in [0.29, 0.717) is 0 Å². The molecule has 0 radical (unpaired) electrons. The molecule has 0 aromatic carbocycles. The van der Waals surface area contributed by atoms with E-state index in [4.69, 9.17) is 0 Å². The van der Waals surface area contributed by atoms with Crippen LogP contribution in [0.15, 0.2) is 0 Å². The zero-order chi connectivity index (χ0) is 3.70. The van der Waals surface area contributed by atoms with Crippen molar-refractivity contribution in [3.8, 4) is 0 Å². The summed E-state index contributed by atoms with van der Waals surface area (Å²) in [5, 5.41) is 0. The summed E-state index contributed by atoms with van der Waals surface area (Å²) in [7, 11) is 0. The first-order valence-corrected chi connectivity index (χ1v) is 2.95. The summed E-state index contributed by atoms with van der Waals surface area (Å²) >= 11 is 3.46. The minimum atomic E-state index is 0. The van der Waals surface area contributed by atoms with Crippen molar-refractivity contribution in [3.63, 3.8) is 0 Å². The summed E-state index contributed by atoms with van der Waals surface area (Å²) in [6.07, 6.45) is 4.25. The summed E-state index contributed by atoms with van der Waals surface area (Å²) in [5.41, 5.74) is 0. The first-order chi connectivity index (χ1) is 2.39. The summed E-state index contributed by atoms with van der Waals surface area (Å²) in [6, 6.07) is 0. The maximum absolute atomic E-state index is 3.46. The average molecular weight is 155 g/mol. The van der Waals surface area contributed by atoms with Crippen molar-refractivity contribution < 1.29 is 4.70 Å². The molecule has 0 N–H and O–H groups in total. The second kappa shape index (κ2) is 2.56. The molecule has 0 aromatic heterocycles. The Labute approximate surface area is 45.4 Å². The molecule has 1 aliphatic carbocycles. The van der Waals surface area contributed by atoms with Crippen molar-refractivity contribution in [2.24, 2.45) is 0 Å². The fourth-order valence-electron chi connectivity index (χ4n) is 0.358. The van der Waals surface area contributed by atoms with Crippen molar-refractivity contribution in [2.75, 3.05) is 0 Å². The SMILES string of the molecule is BrC1CCC1.F. The molecule has 0 saturated heterocycles. The lowest BCUT2D eigenvalue weighted by Gasteiger charge is -2.16. The maximum Gasteiger partial charge on any atom is 0.0145 e. The Morgan fingerprint density at radius 1 is 1.33 bits per heavy atom. The van der Waals surface area contributed by atoms with Crippen molar-refractivity contribution >= 4 is 15.9 Å². The third-order valence-electron chi connectivity index (χ3n) is 1.03. The summed E-state index contributed by atoms with van der Waals surface area (Å²) in [5.74, 6) is 0. The van der Waals surface area contributed by atoms with Crippen molar-refractivity contribution in [1.29, 1.82) is 0 Å². The van der Waals surface area contributed by atoms with Crippen LogP contribution in [0.4, 0.5) is 4.70 Å². The molecule has 0 heterocycles. The van der Waals surface area contributed by atoms with Crippen molar-refractivity contribution in [2.45, 2.75) is 24.1 Å². The van der Waals surface area contributed by atoms with Gasteiger partial charge in [-0.15, -0.1) is 0 Å². The molecule has 6 heavy (non-hydrogen) atoms. The van der Waals surface area contributed by atoms with Crippen LogP contribution in [0, 0.1) is 0 Å². The molecule has 38 valence electrons. The average Bonchev–Trinajstić information content (AvgIpc) is 1.30. The molecule has 0 nitrogen and oxygen atoms in total. The van der Waals surface area contributed by atoms with Crippen molar-refractivity contribution in [3.05, 3.63) is 0 Å². The number of alkyl halides is 1. The fraction of sp³-hybridized carbons (Fsp3) is 1.00. The van der Waals surface area contributed by atoms with E-state index >= 15 is 0 Å². The van der Waals surface area contributed by atoms with Gasteiger partial charge in [-0.1, -0.05) is 22.4 Å². The quantitative estimate of drug-likeness (QED) is 0.470. The van der Waals surface area contributed by atoms with Gasteiger partial charge in [-0.2, -0.15) is 0 Å². The summed E-state index contributed by atoms with van der Waals surface area (Å²) in [4.78, 5) is 0.877. The van der Waals surface area contributed by atoms with Crippen LogP contribution in [0.2, 0.25) is 0 Å². The van der Waals surface area contributed by atoms with Crippen LogP contribution in [0.5, 0.6) is 0 Å². The first kappa shape index (κ1) is 6.41. The van der Waals surface area contributed by atoms with Gasteiger partial charge in [0.1, 0.15) is 0 Å². The van der Waals surface area contributed by atoms with Gasteiger partial charge in [0, 0.05) is 4.83 Å². The van der Waals surface area contributed by atoms with Gasteiger partial charge in [0.05, 0.1) is 0 Å². The molecule has 0 amide bonds. The largest absolute Gasteiger partial charge is 0.269 e. The van der Waals surface area contributed by atoms with Gasteiger partial charge in [-0.3, -0.25) is 4.70 Å². The Kier molecular flexibility index (Phi) is 2.74. The predicted molar refractivity (Wildman–Crippen MR) is 29.1 cm³/mol. The third kappa shape index (κ3) is 1.25. The molecule has 1 saturated carbocycles. The van der Waals surface area contributed by atoms with Gasteiger partial charge in [0.25, 0.3) is 0 Å². The molecule has 0 unspecified atom stereocenters.